The molecule has 0 N–H and O–H groups in total. The van der Waals surface area contributed by atoms with Crippen molar-refractivity contribution < 1.29 is 0 Å². The number of hydrogen-bond donors (Lipinski definition) is 0. The van der Waals surface area contributed by atoms with E-state index < -0.39 is 5.41 Å². The Morgan fingerprint density at radius 1 is 0.431 bits per heavy atom. The van der Waals surface area contributed by atoms with Gasteiger partial charge in [-0.05, 0) is 110 Å². The van der Waals surface area contributed by atoms with Gasteiger partial charge in [0.15, 0.2) is 5.43 Å². The molecule has 0 saturated heterocycles. The third-order valence-corrected chi connectivity index (χ3v) is 12.1. The molecular formula is C48H29NOS. The van der Waals surface area contributed by atoms with Gasteiger partial charge in [-0.25, -0.2) is 0 Å². The number of hydrogen-bond acceptors (Lipinski definition) is 3. The molecule has 0 bridgehead atoms. The van der Waals surface area contributed by atoms with Crippen molar-refractivity contribution in [1.29, 1.82) is 0 Å². The Morgan fingerprint density at radius 3 is 1.82 bits per heavy atom. The first-order chi connectivity index (χ1) is 25.2. The molecule has 0 saturated carbocycles. The lowest BCUT2D eigenvalue weighted by atomic mass is 9.64. The molecule has 3 heteroatoms. The van der Waals surface area contributed by atoms with Crippen LogP contribution in [0.4, 0.5) is 17.1 Å². The van der Waals surface area contributed by atoms with Gasteiger partial charge in [-0.3, -0.25) is 4.79 Å². The van der Waals surface area contributed by atoms with E-state index in [2.05, 4.69) is 175 Å². The second-order valence-corrected chi connectivity index (χ2v) is 14.7. The van der Waals surface area contributed by atoms with Gasteiger partial charge in [0.2, 0.25) is 0 Å². The fourth-order valence-corrected chi connectivity index (χ4v) is 9.98. The first-order valence-corrected chi connectivity index (χ1v) is 18.2. The molecule has 1 spiro atoms. The van der Waals surface area contributed by atoms with E-state index in [0.29, 0.717) is 0 Å². The van der Waals surface area contributed by atoms with Gasteiger partial charge >= 0.3 is 0 Å². The Kier molecular flexibility index (Phi) is 5.93. The third kappa shape index (κ3) is 3.90. The number of fused-ring (bicyclic) bond motifs is 12. The smallest absolute Gasteiger partial charge is 0.195 e. The van der Waals surface area contributed by atoms with E-state index in [1.54, 1.807) is 11.3 Å². The second kappa shape index (κ2) is 10.6. The van der Waals surface area contributed by atoms with Crippen LogP contribution in [0, 0.1) is 0 Å². The number of rotatable bonds is 2. The Hall–Kier alpha value is -6.29. The van der Waals surface area contributed by atoms with E-state index in [0.717, 1.165) is 48.4 Å². The summed E-state index contributed by atoms with van der Waals surface area (Å²) >= 11 is 1.71. The van der Waals surface area contributed by atoms with Crippen molar-refractivity contribution in [3.05, 3.63) is 208 Å². The lowest BCUT2D eigenvalue weighted by molar-refractivity contribution is 0.753. The van der Waals surface area contributed by atoms with Crippen LogP contribution in [-0.4, -0.2) is 0 Å². The fraction of sp³-hybridized carbons (Fsp3) is 0.0208. The molecule has 0 unspecified atom stereocenters. The minimum Gasteiger partial charge on any atom is -0.310 e. The summed E-state index contributed by atoms with van der Waals surface area (Å²) in [6, 6.07) is 63.0. The van der Waals surface area contributed by atoms with Crippen LogP contribution in [-0.2, 0) is 5.41 Å². The summed E-state index contributed by atoms with van der Waals surface area (Å²) in [6.07, 6.45) is 0. The number of nitrogens with zero attached hydrogens (tertiary/aromatic N) is 1. The maximum Gasteiger partial charge on any atom is 0.195 e. The van der Waals surface area contributed by atoms with Crippen LogP contribution >= 0.6 is 11.3 Å². The topological polar surface area (TPSA) is 20.3 Å². The van der Waals surface area contributed by atoms with Crippen molar-refractivity contribution in [1.82, 2.24) is 0 Å². The van der Waals surface area contributed by atoms with E-state index in [4.69, 9.17) is 0 Å². The molecule has 0 radical (unpaired) electrons. The molecule has 0 fully saturated rings. The van der Waals surface area contributed by atoms with Gasteiger partial charge in [0, 0.05) is 25.9 Å². The highest BCUT2D eigenvalue weighted by molar-refractivity contribution is 7.24. The van der Waals surface area contributed by atoms with Crippen molar-refractivity contribution in [2.24, 2.45) is 0 Å². The first kappa shape index (κ1) is 28.5. The molecule has 238 valence electrons. The Labute approximate surface area is 299 Å². The Morgan fingerprint density at radius 2 is 1.04 bits per heavy atom. The van der Waals surface area contributed by atoms with E-state index >= 15 is 0 Å². The molecule has 2 nitrogen and oxygen atoms in total. The summed E-state index contributed by atoms with van der Waals surface area (Å²) in [7, 11) is 0. The molecule has 1 aromatic heterocycles. The number of para-hydroxylation sites is 3. The van der Waals surface area contributed by atoms with Crippen LogP contribution in [0.2, 0.25) is 0 Å². The average molecular weight is 668 g/mol. The fourth-order valence-electron chi connectivity index (χ4n) is 8.85. The minimum absolute atomic E-state index is 0.0843. The van der Waals surface area contributed by atoms with Gasteiger partial charge in [0.25, 0.3) is 0 Å². The quantitative estimate of drug-likeness (QED) is 0.171. The van der Waals surface area contributed by atoms with Gasteiger partial charge in [0.05, 0.1) is 16.8 Å². The Bertz CT molecular complexity index is 2910. The highest BCUT2D eigenvalue weighted by Crippen LogP contribution is 2.63. The Balaban J connectivity index is 1.18. The van der Waals surface area contributed by atoms with Crippen molar-refractivity contribution in [3.8, 4) is 22.3 Å². The molecule has 2 aliphatic rings. The highest BCUT2D eigenvalue weighted by atomic mass is 32.1. The molecule has 0 atom stereocenters. The molecule has 0 amide bonds. The summed E-state index contributed by atoms with van der Waals surface area (Å²) in [6.45, 7) is 0. The summed E-state index contributed by atoms with van der Waals surface area (Å²) < 4.78 is 2.02. The van der Waals surface area contributed by atoms with Crippen LogP contribution < -0.4 is 10.3 Å². The van der Waals surface area contributed by atoms with Crippen LogP contribution in [0.15, 0.2) is 181 Å². The zero-order valence-electron chi connectivity index (χ0n) is 27.5. The zero-order valence-corrected chi connectivity index (χ0v) is 28.3. The predicted molar refractivity (Wildman–Crippen MR) is 214 cm³/mol. The van der Waals surface area contributed by atoms with Crippen molar-refractivity contribution in [2.75, 3.05) is 4.90 Å². The van der Waals surface area contributed by atoms with E-state index in [1.807, 2.05) is 6.07 Å². The number of benzene rings is 8. The molecule has 51 heavy (non-hydrogen) atoms. The maximum atomic E-state index is 14.6. The standard InChI is InChI=1S/C48H29NOS/c50-47-36-25-24-33(32-23-22-30-12-4-5-13-31(30)26-32)27-45(36)51-46-29-37-35-16-6-7-17-39(35)48(42(37)28-38(46)47)40-18-8-10-20-43(40)49(34-14-2-1-3-15-34)44-21-11-9-19-41(44)48/h1-29H. The molecule has 2 heterocycles. The van der Waals surface area contributed by atoms with Gasteiger partial charge in [-0.1, -0.05) is 121 Å². The van der Waals surface area contributed by atoms with Gasteiger partial charge in [-0.2, -0.15) is 0 Å². The molecule has 9 aromatic rings. The first-order valence-electron chi connectivity index (χ1n) is 17.4. The van der Waals surface area contributed by atoms with E-state index in [-0.39, 0.29) is 5.43 Å². The number of anilines is 3. The van der Waals surface area contributed by atoms with E-state index in [1.165, 1.54) is 44.2 Å². The largest absolute Gasteiger partial charge is 0.310 e. The molecule has 11 rings (SSSR count). The van der Waals surface area contributed by atoms with Gasteiger partial charge in [0.1, 0.15) is 0 Å². The molecule has 1 aliphatic heterocycles. The van der Waals surface area contributed by atoms with Crippen molar-refractivity contribution >= 4 is 59.3 Å². The van der Waals surface area contributed by atoms with Crippen LogP contribution in [0.3, 0.4) is 0 Å². The van der Waals surface area contributed by atoms with Crippen LogP contribution in [0.5, 0.6) is 0 Å². The van der Waals surface area contributed by atoms with Crippen molar-refractivity contribution in [3.63, 3.8) is 0 Å². The third-order valence-electron chi connectivity index (χ3n) is 11.0. The molecule has 1 aliphatic carbocycles. The average Bonchev–Trinajstić information content (AvgIpc) is 3.47. The van der Waals surface area contributed by atoms with Gasteiger partial charge < -0.3 is 4.90 Å². The van der Waals surface area contributed by atoms with Crippen LogP contribution in [0.25, 0.3) is 53.2 Å². The summed E-state index contributed by atoms with van der Waals surface area (Å²) in [5.74, 6) is 0. The highest BCUT2D eigenvalue weighted by Gasteiger charge is 2.51. The van der Waals surface area contributed by atoms with Crippen molar-refractivity contribution in [2.45, 2.75) is 5.41 Å². The lowest BCUT2D eigenvalue weighted by Crippen LogP contribution is -2.36. The molecule has 8 aromatic carbocycles. The van der Waals surface area contributed by atoms with Gasteiger partial charge in [-0.15, -0.1) is 11.3 Å². The minimum atomic E-state index is -0.593. The van der Waals surface area contributed by atoms with Crippen LogP contribution in [0.1, 0.15) is 22.3 Å². The normalized spacial score (nSPS) is 13.7. The van der Waals surface area contributed by atoms with E-state index in [9.17, 15) is 4.79 Å². The lowest BCUT2D eigenvalue weighted by Gasteiger charge is -2.45. The predicted octanol–water partition coefficient (Wildman–Crippen LogP) is 12.4. The summed E-state index contributed by atoms with van der Waals surface area (Å²) in [5, 5.41) is 3.97. The zero-order chi connectivity index (χ0) is 33.7. The summed E-state index contributed by atoms with van der Waals surface area (Å²) in [4.78, 5) is 17.0. The SMILES string of the molecule is O=c1c2ccc(-c3ccc4ccccc4c3)cc2sc2cc3c(cc12)C1(c2ccccc2-3)c2ccccc2N(c2ccccc2)c2ccccc21. The molecular weight excluding hydrogens is 639 g/mol. The second-order valence-electron chi connectivity index (χ2n) is 13.6. The monoisotopic (exact) mass is 667 g/mol. The maximum absolute atomic E-state index is 14.6. The summed E-state index contributed by atoms with van der Waals surface area (Å²) in [5.41, 5.74) is 12.4.